The topological polar surface area (TPSA) is 91.6 Å². The molecule has 1 aliphatic carbocycles. The van der Waals surface area contributed by atoms with Crippen LogP contribution in [0.15, 0.2) is 45.7 Å². The molecule has 0 atom stereocenters. The van der Waals surface area contributed by atoms with Gasteiger partial charge in [0, 0.05) is 37.0 Å². The van der Waals surface area contributed by atoms with Gasteiger partial charge in [-0.05, 0) is 37.5 Å². The summed E-state index contributed by atoms with van der Waals surface area (Å²) in [6.07, 6.45) is 2.72. The van der Waals surface area contributed by atoms with Crippen LogP contribution >= 0.6 is 0 Å². The normalized spacial score (nSPS) is 16.3. The van der Waals surface area contributed by atoms with Gasteiger partial charge in [-0.25, -0.2) is 21.9 Å². The number of rotatable bonds is 6. The summed E-state index contributed by atoms with van der Waals surface area (Å²) in [5.74, 6) is -3.05. The Hall–Kier alpha value is -3.14. The standard InChI is InChI=1S/C21H19F2N3O4S/c22-15-3-1-4-17(24-12-5-6-12)20(15)31(28,29)25-21(27)19-11-14-16(23)9-13(10-18(14)30-19)26-7-2-8-26/h1,3-4,9-12,24H,2,5-8H2,(H,25,27). The molecule has 1 saturated heterocycles. The molecule has 1 aromatic heterocycles. The number of anilines is 2. The molecule has 1 aliphatic heterocycles. The van der Waals surface area contributed by atoms with E-state index in [4.69, 9.17) is 4.42 Å². The van der Waals surface area contributed by atoms with Crippen molar-refractivity contribution in [3.05, 3.63) is 53.8 Å². The molecule has 0 spiro atoms. The Kier molecular flexibility index (Phi) is 4.62. The third-order valence-electron chi connectivity index (χ3n) is 5.42. The second-order valence-electron chi connectivity index (χ2n) is 7.76. The number of sulfonamides is 1. The number of amides is 1. The van der Waals surface area contributed by atoms with Crippen molar-refractivity contribution in [2.45, 2.75) is 30.2 Å². The first kappa shape index (κ1) is 19.8. The molecular weight excluding hydrogens is 428 g/mol. The average molecular weight is 447 g/mol. The smallest absolute Gasteiger partial charge is 0.300 e. The van der Waals surface area contributed by atoms with Crippen molar-refractivity contribution in [3.63, 3.8) is 0 Å². The highest BCUT2D eigenvalue weighted by Crippen LogP contribution is 2.32. The molecule has 2 aromatic carbocycles. The van der Waals surface area contributed by atoms with Gasteiger partial charge in [0.1, 0.15) is 22.1 Å². The van der Waals surface area contributed by atoms with Crippen LogP contribution in [0.4, 0.5) is 20.2 Å². The highest BCUT2D eigenvalue weighted by Gasteiger charge is 2.30. The summed E-state index contributed by atoms with van der Waals surface area (Å²) in [4.78, 5) is 13.9. The molecule has 1 amide bonds. The van der Waals surface area contributed by atoms with Crippen molar-refractivity contribution < 1.29 is 26.4 Å². The van der Waals surface area contributed by atoms with Crippen LogP contribution in [0.5, 0.6) is 0 Å². The van der Waals surface area contributed by atoms with E-state index in [1.807, 2.05) is 9.62 Å². The van der Waals surface area contributed by atoms with Crippen molar-refractivity contribution in [2.24, 2.45) is 0 Å². The molecule has 2 aliphatic rings. The van der Waals surface area contributed by atoms with Gasteiger partial charge in [0.05, 0.1) is 11.1 Å². The number of carbonyl (C=O) groups excluding carboxylic acids is 1. The minimum atomic E-state index is -4.55. The van der Waals surface area contributed by atoms with Gasteiger partial charge in [-0.15, -0.1) is 0 Å². The van der Waals surface area contributed by atoms with E-state index >= 15 is 0 Å². The SMILES string of the molecule is O=C(NS(=O)(=O)c1c(F)cccc1NC1CC1)c1cc2c(F)cc(N3CCC3)cc2o1. The lowest BCUT2D eigenvalue weighted by molar-refractivity contribution is 0.0956. The number of halogens is 2. The van der Waals surface area contributed by atoms with Gasteiger partial charge in [0.2, 0.25) is 0 Å². The fraction of sp³-hybridized carbons (Fsp3) is 0.286. The summed E-state index contributed by atoms with van der Waals surface area (Å²) in [6.45, 7) is 1.61. The summed E-state index contributed by atoms with van der Waals surface area (Å²) >= 11 is 0. The van der Waals surface area contributed by atoms with Gasteiger partial charge in [0.25, 0.3) is 10.0 Å². The molecule has 2 N–H and O–H groups in total. The first-order valence-electron chi connectivity index (χ1n) is 9.92. The summed E-state index contributed by atoms with van der Waals surface area (Å²) in [5.41, 5.74) is 0.844. The number of fused-ring (bicyclic) bond motifs is 1. The van der Waals surface area contributed by atoms with Gasteiger partial charge in [-0.1, -0.05) is 6.07 Å². The van der Waals surface area contributed by atoms with Gasteiger partial charge in [-0.3, -0.25) is 4.79 Å². The maximum atomic E-state index is 14.5. The van der Waals surface area contributed by atoms with Gasteiger partial charge in [-0.2, -0.15) is 0 Å². The van der Waals surface area contributed by atoms with Gasteiger partial charge in [0.15, 0.2) is 5.76 Å². The Morgan fingerprint density at radius 1 is 1.10 bits per heavy atom. The molecule has 1 saturated carbocycles. The summed E-state index contributed by atoms with van der Waals surface area (Å²) in [6, 6.07) is 8.01. The number of hydrogen-bond acceptors (Lipinski definition) is 6. The number of hydrogen-bond donors (Lipinski definition) is 2. The Bertz CT molecular complexity index is 1300. The van der Waals surface area contributed by atoms with Crippen molar-refractivity contribution in [1.29, 1.82) is 0 Å². The zero-order valence-electron chi connectivity index (χ0n) is 16.3. The lowest BCUT2D eigenvalue weighted by Gasteiger charge is -2.33. The zero-order valence-corrected chi connectivity index (χ0v) is 17.1. The molecule has 5 rings (SSSR count). The Morgan fingerprint density at radius 3 is 2.55 bits per heavy atom. The van der Waals surface area contributed by atoms with Crippen LogP contribution in [0.3, 0.4) is 0 Å². The van der Waals surface area contributed by atoms with E-state index < -0.39 is 32.5 Å². The van der Waals surface area contributed by atoms with Crippen LogP contribution in [-0.2, 0) is 10.0 Å². The van der Waals surface area contributed by atoms with Crippen molar-refractivity contribution in [1.82, 2.24) is 4.72 Å². The Balaban J connectivity index is 1.44. The lowest BCUT2D eigenvalue weighted by atomic mass is 10.1. The molecule has 10 heteroatoms. The molecule has 2 heterocycles. The Labute approximate surface area is 177 Å². The van der Waals surface area contributed by atoms with Crippen LogP contribution in [0, 0.1) is 11.6 Å². The van der Waals surface area contributed by atoms with E-state index in [0.717, 1.165) is 44.5 Å². The number of nitrogens with zero attached hydrogens (tertiary/aromatic N) is 1. The van der Waals surface area contributed by atoms with Crippen LogP contribution in [0.1, 0.15) is 29.8 Å². The quantitative estimate of drug-likeness (QED) is 0.600. The van der Waals surface area contributed by atoms with Crippen molar-refractivity contribution in [3.8, 4) is 0 Å². The van der Waals surface area contributed by atoms with Gasteiger partial charge >= 0.3 is 5.91 Å². The largest absolute Gasteiger partial charge is 0.451 e. The number of benzene rings is 2. The average Bonchev–Trinajstić information content (AvgIpc) is 3.34. The predicted molar refractivity (Wildman–Crippen MR) is 111 cm³/mol. The third-order valence-corrected chi connectivity index (χ3v) is 6.82. The third kappa shape index (κ3) is 3.71. The highest BCUT2D eigenvalue weighted by atomic mass is 32.2. The van der Waals surface area contributed by atoms with E-state index in [1.165, 1.54) is 18.2 Å². The Morgan fingerprint density at radius 2 is 1.87 bits per heavy atom. The van der Waals surface area contributed by atoms with Crippen LogP contribution in [-0.4, -0.2) is 33.5 Å². The van der Waals surface area contributed by atoms with E-state index in [2.05, 4.69) is 5.32 Å². The fourth-order valence-electron chi connectivity index (χ4n) is 3.52. The maximum absolute atomic E-state index is 14.5. The van der Waals surface area contributed by atoms with E-state index in [-0.39, 0.29) is 28.5 Å². The maximum Gasteiger partial charge on any atom is 0.300 e. The second kappa shape index (κ2) is 7.23. The summed E-state index contributed by atoms with van der Waals surface area (Å²) in [5, 5.41) is 3.02. The van der Waals surface area contributed by atoms with E-state index in [9.17, 15) is 22.0 Å². The number of nitrogens with one attached hydrogen (secondary N) is 2. The molecular formula is C21H19F2N3O4S. The van der Waals surface area contributed by atoms with E-state index in [1.54, 1.807) is 6.07 Å². The van der Waals surface area contributed by atoms with Gasteiger partial charge < -0.3 is 14.6 Å². The first-order chi connectivity index (χ1) is 14.8. The molecule has 3 aromatic rings. The minimum Gasteiger partial charge on any atom is -0.451 e. The molecule has 0 unspecified atom stereocenters. The molecule has 0 radical (unpaired) electrons. The molecule has 162 valence electrons. The first-order valence-corrected chi connectivity index (χ1v) is 11.4. The highest BCUT2D eigenvalue weighted by molar-refractivity contribution is 7.90. The molecule has 0 bridgehead atoms. The minimum absolute atomic E-state index is 0.0637. The zero-order chi connectivity index (χ0) is 21.8. The van der Waals surface area contributed by atoms with Crippen molar-refractivity contribution in [2.75, 3.05) is 23.3 Å². The number of furan rings is 1. The monoisotopic (exact) mass is 447 g/mol. The summed E-state index contributed by atoms with van der Waals surface area (Å²) < 4.78 is 61.7. The van der Waals surface area contributed by atoms with E-state index in [0.29, 0.717) is 5.69 Å². The van der Waals surface area contributed by atoms with Crippen molar-refractivity contribution >= 4 is 38.3 Å². The fourth-order valence-corrected chi connectivity index (χ4v) is 4.71. The summed E-state index contributed by atoms with van der Waals surface area (Å²) in [7, 11) is -4.55. The predicted octanol–water partition coefficient (Wildman–Crippen LogP) is 3.61. The van der Waals surface area contributed by atoms with Crippen LogP contribution in [0.25, 0.3) is 11.0 Å². The molecule has 7 nitrogen and oxygen atoms in total. The second-order valence-corrected chi connectivity index (χ2v) is 9.38. The molecule has 31 heavy (non-hydrogen) atoms. The van der Waals surface area contributed by atoms with Crippen LogP contribution < -0.4 is 14.9 Å². The lowest BCUT2D eigenvalue weighted by Crippen LogP contribution is -2.36. The molecule has 2 fully saturated rings. The van der Waals surface area contributed by atoms with Crippen LogP contribution in [0.2, 0.25) is 0 Å². The number of carbonyl (C=O) groups is 1.